The van der Waals surface area contributed by atoms with Crippen LogP contribution in [0.2, 0.25) is 0 Å². The Morgan fingerprint density at radius 2 is 1.40 bits per heavy atom. The van der Waals surface area contributed by atoms with Crippen molar-refractivity contribution in [3.63, 3.8) is 0 Å². The first-order valence-electron chi connectivity index (χ1n) is 8.32. The normalized spacial score (nSPS) is 13.6. The van der Waals surface area contributed by atoms with Gasteiger partial charge in [-0.1, -0.05) is 72.8 Å². The van der Waals surface area contributed by atoms with E-state index in [0.29, 0.717) is 12.0 Å². The number of nitrogens with zero attached hydrogens (tertiary/aromatic N) is 1. The van der Waals surface area contributed by atoms with E-state index in [2.05, 4.69) is 4.99 Å². The van der Waals surface area contributed by atoms with Gasteiger partial charge >= 0.3 is 0 Å². The predicted octanol–water partition coefficient (Wildman–Crippen LogP) is 4.16. The SMILES string of the molecule is Oc1ccccc1C=N[C@@H](Cc1ccccc1)[C@H](O)c1ccccc1. The number of para-hydroxylation sites is 1. The van der Waals surface area contributed by atoms with E-state index >= 15 is 0 Å². The first-order valence-corrected chi connectivity index (χ1v) is 8.32. The maximum absolute atomic E-state index is 10.8. The van der Waals surface area contributed by atoms with E-state index in [1.165, 1.54) is 0 Å². The first-order chi connectivity index (χ1) is 12.2. The van der Waals surface area contributed by atoms with Gasteiger partial charge in [-0.05, 0) is 29.7 Å². The summed E-state index contributed by atoms with van der Waals surface area (Å²) in [7, 11) is 0. The molecule has 0 unspecified atom stereocenters. The van der Waals surface area contributed by atoms with E-state index in [9.17, 15) is 10.2 Å². The lowest BCUT2D eigenvalue weighted by Gasteiger charge is -2.20. The molecule has 2 atom stereocenters. The van der Waals surface area contributed by atoms with Gasteiger partial charge in [0.25, 0.3) is 0 Å². The lowest BCUT2D eigenvalue weighted by atomic mass is 9.96. The molecule has 3 heteroatoms. The lowest BCUT2D eigenvalue weighted by Crippen LogP contribution is -2.19. The van der Waals surface area contributed by atoms with Crippen LogP contribution in [0.1, 0.15) is 22.8 Å². The van der Waals surface area contributed by atoms with Gasteiger partial charge in [0.2, 0.25) is 0 Å². The number of aliphatic hydroxyl groups is 1. The Hall–Kier alpha value is -2.91. The maximum atomic E-state index is 10.8. The van der Waals surface area contributed by atoms with Crippen LogP contribution in [0.25, 0.3) is 0 Å². The summed E-state index contributed by atoms with van der Waals surface area (Å²) in [4.78, 5) is 4.59. The average Bonchev–Trinajstić information content (AvgIpc) is 2.67. The van der Waals surface area contributed by atoms with Gasteiger partial charge in [-0.25, -0.2) is 0 Å². The van der Waals surface area contributed by atoms with E-state index in [4.69, 9.17) is 0 Å². The van der Waals surface area contributed by atoms with Crippen LogP contribution in [0.4, 0.5) is 0 Å². The Kier molecular flexibility index (Phi) is 5.60. The Morgan fingerprint density at radius 1 is 0.800 bits per heavy atom. The summed E-state index contributed by atoms with van der Waals surface area (Å²) < 4.78 is 0. The highest BCUT2D eigenvalue weighted by atomic mass is 16.3. The number of phenols is 1. The third kappa shape index (κ3) is 4.55. The largest absolute Gasteiger partial charge is 0.507 e. The maximum Gasteiger partial charge on any atom is 0.124 e. The van der Waals surface area contributed by atoms with E-state index in [0.717, 1.165) is 11.1 Å². The molecule has 0 aliphatic rings. The molecule has 0 saturated carbocycles. The summed E-state index contributed by atoms with van der Waals surface area (Å²) in [5.41, 5.74) is 2.58. The van der Waals surface area contributed by atoms with Gasteiger partial charge in [-0.2, -0.15) is 0 Å². The Labute approximate surface area is 147 Å². The Morgan fingerprint density at radius 3 is 2.08 bits per heavy atom. The highest BCUT2D eigenvalue weighted by Gasteiger charge is 2.20. The van der Waals surface area contributed by atoms with E-state index in [1.54, 1.807) is 24.4 Å². The molecule has 0 aliphatic carbocycles. The second kappa shape index (κ2) is 8.27. The van der Waals surface area contributed by atoms with Crippen LogP contribution in [0.5, 0.6) is 5.75 Å². The van der Waals surface area contributed by atoms with Crippen molar-refractivity contribution in [3.8, 4) is 5.75 Å². The highest BCUT2D eigenvalue weighted by molar-refractivity contribution is 5.83. The fourth-order valence-electron chi connectivity index (χ4n) is 2.75. The van der Waals surface area contributed by atoms with Gasteiger partial charge in [0.15, 0.2) is 0 Å². The van der Waals surface area contributed by atoms with Gasteiger partial charge in [-0.15, -0.1) is 0 Å². The molecule has 0 saturated heterocycles. The summed E-state index contributed by atoms with van der Waals surface area (Å²) in [5.74, 6) is 0.180. The predicted molar refractivity (Wildman–Crippen MR) is 101 cm³/mol. The van der Waals surface area contributed by atoms with Crippen LogP contribution in [-0.4, -0.2) is 22.5 Å². The molecule has 0 amide bonds. The number of hydrogen-bond donors (Lipinski definition) is 2. The molecule has 126 valence electrons. The molecule has 3 aromatic rings. The number of rotatable bonds is 6. The summed E-state index contributed by atoms with van der Waals surface area (Å²) in [5, 5.41) is 20.7. The van der Waals surface area contributed by atoms with E-state index < -0.39 is 6.10 Å². The van der Waals surface area contributed by atoms with Crippen molar-refractivity contribution in [2.75, 3.05) is 0 Å². The minimum Gasteiger partial charge on any atom is -0.507 e. The second-order valence-corrected chi connectivity index (χ2v) is 5.95. The molecule has 2 N–H and O–H groups in total. The number of hydrogen-bond acceptors (Lipinski definition) is 3. The van der Waals surface area contributed by atoms with Gasteiger partial charge in [0.1, 0.15) is 11.9 Å². The molecule has 3 rings (SSSR count). The second-order valence-electron chi connectivity index (χ2n) is 5.95. The molecule has 0 heterocycles. The van der Waals surface area contributed by atoms with Gasteiger partial charge in [-0.3, -0.25) is 4.99 Å². The molecule has 3 nitrogen and oxygen atoms in total. The zero-order valence-electron chi connectivity index (χ0n) is 13.9. The highest BCUT2D eigenvalue weighted by Crippen LogP contribution is 2.23. The third-order valence-electron chi connectivity index (χ3n) is 4.14. The molecule has 0 spiro atoms. The summed E-state index contributed by atoms with van der Waals surface area (Å²) in [6.07, 6.45) is 1.53. The molecule has 0 aliphatic heterocycles. The van der Waals surface area contributed by atoms with Crippen LogP contribution in [0.15, 0.2) is 89.9 Å². The molecule has 0 bridgehead atoms. The molecule has 0 aromatic heterocycles. The first kappa shape index (κ1) is 16.9. The Bertz CT molecular complexity index is 816. The van der Waals surface area contributed by atoms with Crippen molar-refractivity contribution in [2.45, 2.75) is 18.6 Å². The van der Waals surface area contributed by atoms with Gasteiger partial charge < -0.3 is 10.2 Å². The smallest absolute Gasteiger partial charge is 0.124 e. The fraction of sp³-hybridized carbons (Fsp3) is 0.136. The summed E-state index contributed by atoms with van der Waals surface area (Å²) >= 11 is 0. The minimum atomic E-state index is -0.719. The monoisotopic (exact) mass is 331 g/mol. The Balaban J connectivity index is 1.87. The van der Waals surface area contributed by atoms with Gasteiger partial charge in [0, 0.05) is 11.8 Å². The van der Waals surface area contributed by atoms with Crippen LogP contribution < -0.4 is 0 Å². The number of phenolic OH excluding ortho intramolecular Hbond substituents is 1. The summed E-state index contributed by atoms with van der Waals surface area (Å²) in [6, 6.07) is 26.2. The van der Waals surface area contributed by atoms with Crippen molar-refractivity contribution in [2.24, 2.45) is 4.99 Å². The van der Waals surface area contributed by atoms with E-state index in [1.807, 2.05) is 66.7 Å². The summed E-state index contributed by atoms with van der Waals surface area (Å²) in [6.45, 7) is 0. The van der Waals surface area contributed by atoms with E-state index in [-0.39, 0.29) is 11.8 Å². The van der Waals surface area contributed by atoms with Gasteiger partial charge in [0.05, 0.1) is 6.04 Å². The third-order valence-corrected chi connectivity index (χ3v) is 4.14. The molecular formula is C22H21NO2. The molecular weight excluding hydrogens is 310 g/mol. The standard InChI is InChI=1S/C22H21NO2/c24-21-14-8-7-13-19(21)16-23-20(15-17-9-3-1-4-10-17)22(25)18-11-5-2-6-12-18/h1-14,16,20,22,24-25H,15H2/t20-,22+/m0/s1. The lowest BCUT2D eigenvalue weighted by molar-refractivity contribution is 0.147. The van der Waals surface area contributed by atoms with Crippen molar-refractivity contribution in [3.05, 3.63) is 102 Å². The fourth-order valence-corrected chi connectivity index (χ4v) is 2.75. The number of aliphatic hydroxyl groups excluding tert-OH is 1. The van der Waals surface area contributed by atoms with Crippen LogP contribution in [0.3, 0.4) is 0 Å². The topological polar surface area (TPSA) is 52.8 Å². The number of benzene rings is 3. The van der Waals surface area contributed by atoms with Crippen LogP contribution >= 0.6 is 0 Å². The number of aromatic hydroxyl groups is 1. The zero-order chi connectivity index (χ0) is 17.5. The molecule has 0 fully saturated rings. The van der Waals surface area contributed by atoms with Crippen LogP contribution in [0, 0.1) is 0 Å². The van der Waals surface area contributed by atoms with Crippen molar-refractivity contribution in [1.29, 1.82) is 0 Å². The molecule has 25 heavy (non-hydrogen) atoms. The van der Waals surface area contributed by atoms with Crippen molar-refractivity contribution < 1.29 is 10.2 Å². The molecule has 3 aromatic carbocycles. The van der Waals surface area contributed by atoms with Crippen LogP contribution in [-0.2, 0) is 6.42 Å². The minimum absolute atomic E-state index is 0.180. The van der Waals surface area contributed by atoms with Crippen molar-refractivity contribution in [1.82, 2.24) is 0 Å². The number of aliphatic imine (C=N–C) groups is 1. The van der Waals surface area contributed by atoms with Crippen molar-refractivity contribution >= 4 is 6.21 Å². The molecule has 0 radical (unpaired) electrons. The average molecular weight is 331 g/mol. The quantitative estimate of drug-likeness (QED) is 0.667. The zero-order valence-corrected chi connectivity index (χ0v) is 13.9.